The smallest absolute Gasteiger partial charge is 0.326 e. The zero-order chi connectivity index (χ0) is 25.1. The Bertz CT molecular complexity index is 788. The number of hydrogen-bond acceptors (Lipinski definition) is 8. The average molecular weight is 487 g/mol. The molecular weight excluding hydrogens is 452 g/mol. The van der Waals surface area contributed by atoms with Crippen molar-refractivity contribution in [3.05, 3.63) is 18.2 Å². The summed E-state index contributed by atoms with van der Waals surface area (Å²) in [5.41, 5.74) is 6.18. The quantitative estimate of drug-likeness (QED) is 0.165. The third-order valence-corrected chi connectivity index (χ3v) is 5.55. The van der Waals surface area contributed by atoms with E-state index in [0.717, 1.165) is 0 Å². The molecule has 0 fully saturated rings. The summed E-state index contributed by atoms with van der Waals surface area (Å²) in [6.07, 6.45) is 3.86. The number of nitrogens with zero attached hydrogens (tertiary/aromatic N) is 1. The second kappa shape index (κ2) is 13.8. The van der Waals surface area contributed by atoms with Gasteiger partial charge in [0.1, 0.15) is 24.2 Å². The summed E-state index contributed by atoms with van der Waals surface area (Å²) in [4.78, 5) is 56.3. The maximum absolute atomic E-state index is 12.9. The Morgan fingerprint density at radius 1 is 1.09 bits per heavy atom. The van der Waals surface area contributed by atoms with Crippen molar-refractivity contribution in [1.82, 2.24) is 25.9 Å². The molecule has 0 aliphatic rings. The molecule has 12 nitrogen and oxygen atoms in total. The topological polar surface area (TPSA) is 200 Å². The van der Waals surface area contributed by atoms with Crippen LogP contribution in [0.3, 0.4) is 0 Å². The Morgan fingerprint density at radius 3 is 2.21 bits per heavy atom. The normalized spacial score (nSPS) is 15.7. The molecule has 1 aromatic heterocycles. The molecule has 0 saturated heterocycles. The fourth-order valence-corrected chi connectivity index (χ4v) is 3.33. The number of H-pyrrole nitrogens is 1. The van der Waals surface area contributed by atoms with Gasteiger partial charge in [-0.25, -0.2) is 9.78 Å². The minimum Gasteiger partial charge on any atom is -0.480 e. The number of nitrogens with one attached hydrogen (secondary N) is 4. The average Bonchev–Trinajstić information content (AvgIpc) is 3.26. The van der Waals surface area contributed by atoms with Crippen LogP contribution in [0.5, 0.6) is 0 Å². The molecule has 5 atom stereocenters. The lowest BCUT2D eigenvalue weighted by Gasteiger charge is -2.27. The number of aliphatic hydroxyl groups is 1. The molecular formula is C20H34N6O6S. The number of aliphatic hydroxyl groups excluding tert-OH is 1. The molecule has 13 heteroatoms. The first-order valence-electron chi connectivity index (χ1n) is 10.5. The second-order valence-electron chi connectivity index (χ2n) is 8.02. The van der Waals surface area contributed by atoms with Crippen LogP contribution >= 0.6 is 11.8 Å². The van der Waals surface area contributed by atoms with E-state index in [9.17, 15) is 29.4 Å². The molecule has 0 spiro atoms. The van der Waals surface area contributed by atoms with E-state index in [1.807, 2.05) is 6.26 Å². The Balaban J connectivity index is 2.92. The summed E-state index contributed by atoms with van der Waals surface area (Å²) < 4.78 is 0. The molecule has 0 radical (unpaired) electrons. The van der Waals surface area contributed by atoms with Crippen LogP contribution in [0, 0.1) is 5.92 Å². The predicted octanol–water partition coefficient (Wildman–Crippen LogP) is -1.39. The van der Waals surface area contributed by atoms with E-state index in [-0.39, 0.29) is 18.8 Å². The van der Waals surface area contributed by atoms with Gasteiger partial charge in [-0.2, -0.15) is 11.8 Å². The molecule has 0 aliphatic heterocycles. The number of nitrogens with two attached hydrogens (primary N) is 1. The molecule has 0 aliphatic carbocycles. The number of carboxylic acids is 1. The highest BCUT2D eigenvalue weighted by atomic mass is 32.2. The molecule has 1 heterocycles. The van der Waals surface area contributed by atoms with Gasteiger partial charge in [0.15, 0.2) is 0 Å². The molecule has 0 bridgehead atoms. The molecule has 1 rings (SSSR count). The van der Waals surface area contributed by atoms with E-state index in [4.69, 9.17) is 5.73 Å². The van der Waals surface area contributed by atoms with Crippen LogP contribution in [0.4, 0.5) is 0 Å². The lowest BCUT2D eigenvalue weighted by atomic mass is 10.0. The van der Waals surface area contributed by atoms with Crippen molar-refractivity contribution in [1.29, 1.82) is 0 Å². The summed E-state index contributed by atoms with van der Waals surface area (Å²) in [7, 11) is 0. The third kappa shape index (κ3) is 9.40. The van der Waals surface area contributed by atoms with Crippen LogP contribution in [-0.2, 0) is 25.6 Å². The lowest BCUT2D eigenvalue weighted by molar-refractivity contribution is -0.142. The minimum atomic E-state index is -1.23. The van der Waals surface area contributed by atoms with Crippen molar-refractivity contribution in [2.24, 2.45) is 11.7 Å². The van der Waals surface area contributed by atoms with Gasteiger partial charge in [0.05, 0.1) is 12.4 Å². The van der Waals surface area contributed by atoms with Crippen molar-refractivity contribution in [3.8, 4) is 0 Å². The summed E-state index contributed by atoms with van der Waals surface area (Å²) in [6, 6.07) is -4.46. The van der Waals surface area contributed by atoms with Gasteiger partial charge in [0, 0.05) is 18.3 Å². The maximum Gasteiger partial charge on any atom is 0.326 e. The Morgan fingerprint density at radius 2 is 1.73 bits per heavy atom. The van der Waals surface area contributed by atoms with Gasteiger partial charge in [0.25, 0.3) is 0 Å². The molecule has 33 heavy (non-hydrogen) atoms. The second-order valence-corrected chi connectivity index (χ2v) is 9.01. The summed E-state index contributed by atoms with van der Waals surface area (Å²) in [5.74, 6) is -3.02. The SMILES string of the molecule is CSCCC(NC(=O)C(N)C(C)O)C(=O)NC(C(=O)NC(Cc1cnc[nH]1)C(=O)O)C(C)C. The number of carbonyl (C=O) groups excluding carboxylic acids is 3. The number of aromatic nitrogens is 2. The predicted molar refractivity (Wildman–Crippen MR) is 123 cm³/mol. The number of carboxylic acid groups (broad SMARTS) is 1. The first kappa shape index (κ1) is 28.4. The number of carbonyl (C=O) groups is 4. The number of thioether (sulfide) groups is 1. The molecule has 0 saturated carbocycles. The summed E-state index contributed by atoms with van der Waals surface area (Å²) in [6.45, 7) is 4.77. The highest BCUT2D eigenvalue weighted by Crippen LogP contribution is 2.08. The number of aromatic amines is 1. The Hall–Kier alpha value is -2.64. The molecule has 3 amide bonds. The zero-order valence-electron chi connectivity index (χ0n) is 19.2. The zero-order valence-corrected chi connectivity index (χ0v) is 20.0. The van der Waals surface area contributed by atoms with Gasteiger partial charge < -0.3 is 36.9 Å². The largest absolute Gasteiger partial charge is 0.480 e. The van der Waals surface area contributed by atoms with Crippen molar-refractivity contribution in [3.63, 3.8) is 0 Å². The van der Waals surface area contributed by atoms with Gasteiger partial charge in [-0.3, -0.25) is 14.4 Å². The first-order valence-corrected chi connectivity index (χ1v) is 11.9. The highest BCUT2D eigenvalue weighted by molar-refractivity contribution is 7.98. The highest BCUT2D eigenvalue weighted by Gasteiger charge is 2.32. The van der Waals surface area contributed by atoms with Crippen LogP contribution in [-0.4, -0.2) is 86.2 Å². The fourth-order valence-electron chi connectivity index (χ4n) is 2.86. The van der Waals surface area contributed by atoms with Crippen LogP contribution in [0.1, 0.15) is 32.9 Å². The van der Waals surface area contributed by atoms with Gasteiger partial charge >= 0.3 is 5.97 Å². The van der Waals surface area contributed by atoms with Gasteiger partial charge in [-0.15, -0.1) is 0 Å². The number of amides is 3. The minimum absolute atomic E-state index is 0.0104. The van der Waals surface area contributed by atoms with Crippen molar-refractivity contribution in [2.45, 2.75) is 63.9 Å². The molecule has 1 aromatic rings. The van der Waals surface area contributed by atoms with E-state index in [1.165, 1.54) is 31.2 Å². The van der Waals surface area contributed by atoms with E-state index >= 15 is 0 Å². The van der Waals surface area contributed by atoms with Gasteiger partial charge in [-0.05, 0) is 31.3 Å². The van der Waals surface area contributed by atoms with E-state index in [1.54, 1.807) is 13.8 Å². The van der Waals surface area contributed by atoms with Crippen molar-refractivity contribution in [2.75, 3.05) is 12.0 Å². The van der Waals surface area contributed by atoms with Crippen LogP contribution in [0.15, 0.2) is 12.5 Å². The monoisotopic (exact) mass is 486 g/mol. The molecule has 186 valence electrons. The van der Waals surface area contributed by atoms with Gasteiger partial charge in [-0.1, -0.05) is 13.8 Å². The molecule has 5 unspecified atom stereocenters. The van der Waals surface area contributed by atoms with Crippen LogP contribution in [0.25, 0.3) is 0 Å². The van der Waals surface area contributed by atoms with Crippen LogP contribution < -0.4 is 21.7 Å². The number of imidazole rings is 1. The van der Waals surface area contributed by atoms with E-state index in [0.29, 0.717) is 11.4 Å². The van der Waals surface area contributed by atoms with Crippen molar-refractivity contribution < 1.29 is 29.4 Å². The number of aliphatic carboxylic acids is 1. The fraction of sp³-hybridized carbons (Fsp3) is 0.650. The maximum atomic E-state index is 12.9. The number of hydrogen-bond donors (Lipinski definition) is 7. The Labute approximate surface area is 196 Å². The first-order chi connectivity index (χ1) is 15.5. The third-order valence-electron chi connectivity index (χ3n) is 4.91. The van der Waals surface area contributed by atoms with Crippen LogP contribution in [0.2, 0.25) is 0 Å². The lowest BCUT2D eigenvalue weighted by Crippen LogP contribution is -2.59. The van der Waals surface area contributed by atoms with Crippen molar-refractivity contribution >= 4 is 35.5 Å². The summed E-state index contributed by atoms with van der Waals surface area (Å²) in [5, 5.41) is 26.6. The molecule has 0 aromatic carbocycles. The standard InChI is InChI=1S/C20H34N6O6S/c1-10(2)16(19(30)25-14(20(31)32)7-12-8-22-9-23-12)26-17(28)13(5-6-33-4)24-18(29)15(21)11(3)27/h8-11,13-16,27H,5-7,21H2,1-4H3,(H,22,23)(H,24,29)(H,25,30)(H,26,28)(H,31,32). The number of rotatable bonds is 14. The molecule has 8 N–H and O–H groups in total. The Kier molecular flexibility index (Phi) is 11.9. The van der Waals surface area contributed by atoms with E-state index < -0.39 is 54.0 Å². The summed E-state index contributed by atoms with van der Waals surface area (Å²) >= 11 is 1.47. The van der Waals surface area contributed by atoms with Gasteiger partial charge in [0.2, 0.25) is 17.7 Å². The van der Waals surface area contributed by atoms with E-state index in [2.05, 4.69) is 25.9 Å².